The number of hydrogen-bond acceptors (Lipinski definition) is 7. The molecule has 1 aromatic heterocycles. The molecule has 2 heterocycles. The molecule has 3 aromatic rings. The molecule has 1 amide bonds. The zero-order chi connectivity index (χ0) is 28.6. The van der Waals surface area contributed by atoms with Crippen molar-refractivity contribution in [3.63, 3.8) is 0 Å². The van der Waals surface area contributed by atoms with E-state index in [2.05, 4.69) is 21.1 Å². The van der Waals surface area contributed by atoms with Crippen molar-refractivity contribution in [2.45, 2.75) is 62.0 Å². The van der Waals surface area contributed by atoms with E-state index in [9.17, 15) is 26.9 Å². The van der Waals surface area contributed by atoms with E-state index >= 15 is 0 Å². The molecule has 1 aliphatic rings. The molecular weight excluding hydrogens is 542 g/mol. The molecule has 1 fully saturated rings. The number of alkyl carbamates (subject to hydrolysis) is 1. The molecule has 2 aromatic carbocycles. The van der Waals surface area contributed by atoms with Crippen molar-refractivity contribution in [2.24, 2.45) is 0 Å². The van der Waals surface area contributed by atoms with Crippen molar-refractivity contribution < 1.29 is 26.4 Å². The average molecular weight is 574 g/mol. The number of aromatic nitrogens is 1. The second kappa shape index (κ2) is 10.5. The van der Waals surface area contributed by atoms with Gasteiger partial charge in [0.05, 0.1) is 26.6 Å². The zero-order valence-electron chi connectivity index (χ0n) is 22.1. The number of H-pyrrole nitrogens is 1. The fourth-order valence-corrected chi connectivity index (χ4v) is 6.99. The van der Waals surface area contributed by atoms with Crippen LogP contribution < -0.4 is 10.0 Å². The van der Waals surface area contributed by atoms with Gasteiger partial charge in [-0.15, -0.1) is 0 Å². The van der Waals surface area contributed by atoms with Gasteiger partial charge in [-0.3, -0.25) is 4.72 Å². The van der Waals surface area contributed by atoms with E-state index < -0.39 is 31.7 Å². The smallest absolute Gasteiger partial charge is 0.407 e. The molecule has 13 heteroatoms. The number of piperidine rings is 1. The molecule has 0 spiro atoms. The number of hydrogen-bond donors (Lipinski definition) is 3. The molecule has 208 valence electrons. The molecule has 0 unspecified atom stereocenters. The first kappa shape index (κ1) is 28.4. The van der Waals surface area contributed by atoms with E-state index in [0.717, 1.165) is 5.56 Å². The number of ether oxygens (including phenoxy) is 1. The number of anilines is 1. The number of sulfonamides is 2. The first-order chi connectivity index (χ1) is 18.2. The maximum Gasteiger partial charge on any atom is 0.407 e. The third-order valence-electron chi connectivity index (χ3n) is 6.36. The van der Waals surface area contributed by atoms with Crippen LogP contribution in [0.25, 0.3) is 10.9 Å². The Bertz CT molecular complexity index is 1640. The number of aryl methyl sites for hydroxylation is 1. The Balaban J connectivity index is 1.45. The van der Waals surface area contributed by atoms with E-state index in [1.807, 2.05) is 6.92 Å². The summed E-state index contributed by atoms with van der Waals surface area (Å²) in [5.74, 6) is 0. The standard InChI is InChI=1S/C26H31N5O6S2/c1-17-5-10-22(24-23(17)18(15-27)16-28-24)30-38(33,34)20-6-8-21(9-7-20)39(35,36)31-13-11-19(12-14-31)29-25(32)37-26(2,3)4/h5-10,16,19,28,30H,11-14H2,1-4H3,(H,29,32). The number of aromatic amines is 1. The van der Waals surface area contributed by atoms with Crippen LogP contribution in [0, 0.1) is 18.3 Å². The predicted molar refractivity (Wildman–Crippen MR) is 146 cm³/mol. The number of carbonyl (C=O) groups excluding carboxylic acids is 1. The lowest BCUT2D eigenvalue weighted by atomic mass is 10.1. The highest BCUT2D eigenvalue weighted by molar-refractivity contribution is 7.92. The predicted octanol–water partition coefficient (Wildman–Crippen LogP) is 3.83. The van der Waals surface area contributed by atoms with Gasteiger partial charge in [-0.05, 0) is 76.4 Å². The van der Waals surface area contributed by atoms with Crippen LogP contribution in [0.3, 0.4) is 0 Å². The van der Waals surface area contributed by atoms with Crippen LogP contribution in [0.1, 0.15) is 44.7 Å². The molecule has 0 radical (unpaired) electrons. The van der Waals surface area contributed by atoms with Crippen molar-refractivity contribution in [3.8, 4) is 6.07 Å². The van der Waals surface area contributed by atoms with Gasteiger partial charge in [0.1, 0.15) is 11.7 Å². The highest BCUT2D eigenvalue weighted by atomic mass is 32.2. The van der Waals surface area contributed by atoms with Gasteiger partial charge >= 0.3 is 6.09 Å². The van der Waals surface area contributed by atoms with Crippen molar-refractivity contribution >= 4 is 42.7 Å². The molecule has 0 saturated carbocycles. The molecule has 1 saturated heterocycles. The van der Waals surface area contributed by atoms with Crippen LogP contribution in [-0.4, -0.2) is 57.0 Å². The van der Waals surface area contributed by atoms with Gasteiger partial charge in [0, 0.05) is 30.7 Å². The summed E-state index contributed by atoms with van der Waals surface area (Å²) in [6.45, 7) is 7.53. The Labute approximate surface area is 228 Å². The number of nitrogens with one attached hydrogen (secondary N) is 3. The third-order valence-corrected chi connectivity index (χ3v) is 9.65. The molecule has 0 bridgehead atoms. The highest BCUT2D eigenvalue weighted by Crippen LogP contribution is 2.30. The normalized spacial score (nSPS) is 15.6. The lowest BCUT2D eigenvalue weighted by molar-refractivity contribution is 0.0489. The number of fused-ring (bicyclic) bond motifs is 1. The minimum Gasteiger partial charge on any atom is -0.444 e. The van der Waals surface area contributed by atoms with Gasteiger partial charge < -0.3 is 15.0 Å². The maximum atomic E-state index is 13.2. The number of benzene rings is 2. The molecular formula is C26H31N5O6S2. The fourth-order valence-electron chi connectivity index (χ4n) is 4.45. The summed E-state index contributed by atoms with van der Waals surface area (Å²) in [6.07, 6.45) is 1.83. The Hall–Kier alpha value is -3.60. The van der Waals surface area contributed by atoms with Crippen LogP contribution in [0.4, 0.5) is 10.5 Å². The van der Waals surface area contributed by atoms with E-state index in [1.54, 1.807) is 32.9 Å². The molecule has 39 heavy (non-hydrogen) atoms. The Morgan fingerprint density at radius 1 is 1.05 bits per heavy atom. The first-order valence-electron chi connectivity index (χ1n) is 12.3. The summed E-state index contributed by atoms with van der Waals surface area (Å²) in [5.41, 5.74) is 1.36. The van der Waals surface area contributed by atoms with E-state index in [0.29, 0.717) is 29.3 Å². The Morgan fingerprint density at radius 3 is 2.26 bits per heavy atom. The highest BCUT2D eigenvalue weighted by Gasteiger charge is 2.31. The van der Waals surface area contributed by atoms with Crippen molar-refractivity contribution in [1.29, 1.82) is 5.26 Å². The number of nitrogens with zero attached hydrogens (tertiary/aromatic N) is 2. The first-order valence-corrected chi connectivity index (χ1v) is 15.3. The van der Waals surface area contributed by atoms with E-state index in [4.69, 9.17) is 4.74 Å². The Kier molecular flexibility index (Phi) is 7.66. The summed E-state index contributed by atoms with van der Waals surface area (Å²) in [7, 11) is -7.91. The Morgan fingerprint density at radius 2 is 1.67 bits per heavy atom. The second-order valence-electron chi connectivity index (χ2n) is 10.4. The van der Waals surface area contributed by atoms with Crippen LogP contribution >= 0.6 is 0 Å². The minimum absolute atomic E-state index is 0.0271. The van der Waals surface area contributed by atoms with Gasteiger partial charge in [-0.1, -0.05) is 6.07 Å². The third kappa shape index (κ3) is 6.19. The molecule has 4 rings (SSSR count). The van der Waals surface area contributed by atoms with E-state index in [-0.39, 0.29) is 34.6 Å². The van der Waals surface area contributed by atoms with Gasteiger partial charge in [0.25, 0.3) is 10.0 Å². The lowest BCUT2D eigenvalue weighted by Crippen LogP contribution is -2.47. The SMILES string of the molecule is Cc1ccc(NS(=O)(=O)c2ccc(S(=O)(=O)N3CCC(NC(=O)OC(C)(C)C)CC3)cc2)c2[nH]cc(C#N)c12. The lowest BCUT2D eigenvalue weighted by Gasteiger charge is -2.32. The summed E-state index contributed by atoms with van der Waals surface area (Å²) in [6, 6.07) is 10.2. The summed E-state index contributed by atoms with van der Waals surface area (Å²) in [5, 5.41) is 12.7. The van der Waals surface area contributed by atoms with Crippen LogP contribution in [0.2, 0.25) is 0 Å². The number of rotatable bonds is 6. The van der Waals surface area contributed by atoms with E-state index in [1.165, 1.54) is 34.8 Å². The maximum absolute atomic E-state index is 13.2. The molecule has 0 atom stereocenters. The summed E-state index contributed by atoms with van der Waals surface area (Å²) < 4.78 is 61.6. The number of carbonyl (C=O) groups is 1. The van der Waals surface area contributed by atoms with Crippen molar-refractivity contribution in [1.82, 2.24) is 14.6 Å². The molecule has 0 aliphatic carbocycles. The van der Waals surface area contributed by atoms with Gasteiger partial charge in [0.2, 0.25) is 10.0 Å². The number of nitriles is 1. The van der Waals surface area contributed by atoms with Crippen molar-refractivity contribution in [2.75, 3.05) is 17.8 Å². The monoisotopic (exact) mass is 573 g/mol. The zero-order valence-corrected chi connectivity index (χ0v) is 23.7. The number of amides is 1. The van der Waals surface area contributed by atoms with Gasteiger partial charge in [-0.25, -0.2) is 21.6 Å². The summed E-state index contributed by atoms with van der Waals surface area (Å²) >= 11 is 0. The van der Waals surface area contributed by atoms with Crippen molar-refractivity contribution in [3.05, 3.63) is 53.7 Å². The largest absolute Gasteiger partial charge is 0.444 e. The van der Waals surface area contributed by atoms with Gasteiger partial charge in [-0.2, -0.15) is 9.57 Å². The average Bonchev–Trinajstić information content (AvgIpc) is 3.30. The quantitative estimate of drug-likeness (QED) is 0.404. The van der Waals surface area contributed by atoms with Gasteiger partial charge in [0.15, 0.2) is 0 Å². The molecule has 1 aliphatic heterocycles. The fraction of sp³-hybridized carbons (Fsp3) is 0.385. The summed E-state index contributed by atoms with van der Waals surface area (Å²) in [4.78, 5) is 14.8. The second-order valence-corrected chi connectivity index (χ2v) is 14.0. The minimum atomic E-state index is -4.05. The van der Waals surface area contributed by atoms with Crippen LogP contribution in [0.5, 0.6) is 0 Å². The topological polar surface area (TPSA) is 161 Å². The van der Waals surface area contributed by atoms with Crippen LogP contribution in [-0.2, 0) is 24.8 Å². The molecule has 11 nitrogen and oxygen atoms in total. The molecule has 3 N–H and O–H groups in total. The van der Waals surface area contributed by atoms with Crippen LogP contribution in [0.15, 0.2) is 52.4 Å².